The first-order valence-corrected chi connectivity index (χ1v) is 11.3. The van der Waals surface area contributed by atoms with Crippen LogP contribution in [0.5, 0.6) is 11.8 Å². The standard InChI is InChI=1S/C29H24N4O2/c1-20-16-26(22-10-5-3-6-11-22)32-28(24(20)18-30)34-14-9-15-35-29-25(19-31)21(2)17-27(33-29)23-12-7-4-8-13-23/h3-8,10-13,16-17H,9,14-15H2,1-2H3. The van der Waals surface area contributed by atoms with E-state index < -0.39 is 0 Å². The Morgan fingerprint density at radius 1 is 0.657 bits per heavy atom. The molecule has 0 aliphatic heterocycles. The Bertz CT molecular complexity index is 1300. The number of aromatic nitrogens is 2. The highest BCUT2D eigenvalue weighted by molar-refractivity contribution is 5.64. The van der Waals surface area contributed by atoms with Gasteiger partial charge in [-0.1, -0.05) is 60.7 Å². The summed E-state index contributed by atoms with van der Waals surface area (Å²) in [5.41, 5.74) is 5.88. The predicted octanol–water partition coefficient (Wildman–Crippen LogP) is 6.02. The van der Waals surface area contributed by atoms with E-state index in [0.717, 1.165) is 33.6 Å². The molecule has 0 aliphatic rings. The fraction of sp³-hybridized carbons (Fsp3) is 0.172. The lowest BCUT2D eigenvalue weighted by atomic mass is 10.1. The zero-order chi connectivity index (χ0) is 24.6. The number of hydrogen-bond acceptors (Lipinski definition) is 6. The van der Waals surface area contributed by atoms with Crippen molar-refractivity contribution >= 4 is 0 Å². The molecular formula is C29H24N4O2. The van der Waals surface area contributed by atoms with Gasteiger partial charge in [0.2, 0.25) is 11.8 Å². The normalized spacial score (nSPS) is 10.3. The molecule has 0 bridgehead atoms. The van der Waals surface area contributed by atoms with Gasteiger partial charge in [0, 0.05) is 17.5 Å². The molecule has 0 atom stereocenters. The fourth-order valence-corrected chi connectivity index (χ4v) is 3.68. The van der Waals surface area contributed by atoms with Crippen molar-refractivity contribution in [1.29, 1.82) is 10.5 Å². The average Bonchev–Trinajstić information content (AvgIpc) is 2.89. The first-order valence-electron chi connectivity index (χ1n) is 11.3. The maximum atomic E-state index is 9.58. The smallest absolute Gasteiger partial charge is 0.232 e. The second-order valence-electron chi connectivity index (χ2n) is 8.02. The molecule has 0 unspecified atom stereocenters. The molecule has 2 aromatic carbocycles. The third-order valence-corrected chi connectivity index (χ3v) is 5.50. The minimum Gasteiger partial charge on any atom is -0.477 e. The van der Waals surface area contributed by atoms with E-state index in [9.17, 15) is 10.5 Å². The Kier molecular flexibility index (Phi) is 7.35. The third kappa shape index (κ3) is 5.46. The van der Waals surface area contributed by atoms with E-state index in [4.69, 9.17) is 9.47 Å². The van der Waals surface area contributed by atoms with Crippen molar-refractivity contribution in [2.45, 2.75) is 20.3 Å². The summed E-state index contributed by atoms with van der Waals surface area (Å²) in [5, 5.41) is 19.2. The van der Waals surface area contributed by atoms with Crippen molar-refractivity contribution in [3.63, 3.8) is 0 Å². The molecule has 0 aliphatic carbocycles. The molecule has 4 aromatic rings. The van der Waals surface area contributed by atoms with Crippen LogP contribution in [0.25, 0.3) is 22.5 Å². The summed E-state index contributed by atoms with van der Waals surface area (Å²) >= 11 is 0. The monoisotopic (exact) mass is 460 g/mol. The highest BCUT2D eigenvalue weighted by atomic mass is 16.5. The highest BCUT2D eigenvalue weighted by Gasteiger charge is 2.14. The number of ether oxygens (including phenoxy) is 2. The summed E-state index contributed by atoms with van der Waals surface area (Å²) in [5.74, 6) is 0.619. The summed E-state index contributed by atoms with van der Waals surface area (Å²) in [7, 11) is 0. The summed E-state index contributed by atoms with van der Waals surface area (Å²) in [6.45, 7) is 4.36. The Labute approximate surface area is 205 Å². The molecule has 0 spiro atoms. The second kappa shape index (κ2) is 11.0. The molecule has 2 aromatic heterocycles. The summed E-state index contributed by atoms with van der Waals surface area (Å²) in [6.07, 6.45) is 0.530. The molecule has 0 radical (unpaired) electrons. The van der Waals surface area contributed by atoms with Crippen molar-refractivity contribution in [3.8, 4) is 46.4 Å². The number of nitriles is 2. The van der Waals surface area contributed by atoms with E-state index in [1.165, 1.54) is 0 Å². The van der Waals surface area contributed by atoms with Gasteiger partial charge in [0.05, 0.1) is 24.6 Å². The summed E-state index contributed by atoms with van der Waals surface area (Å²) < 4.78 is 11.8. The number of hydrogen-bond donors (Lipinski definition) is 0. The van der Waals surface area contributed by atoms with Gasteiger partial charge in [0.15, 0.2) is 0 Å². The van der Waals surface area contributed by atoms with Gasteiger partial charge in [-0.3, -0.25) is 0 Å². The summed E-state index contributed by atoms with van der Waals surface area (Å²) in [6, 6.07) is 27.7. The number of rotatable bonds is 8. The van der Waals surface area contributed by atoms with Crippen molar-refractivity contribution in [2.75, 3.05) is 13.2 Å². The molecule has 2 heterocycles. The lowest BCUT2D eigenvalue weighted by molar-refractivity contribution is 0.237. The summed E-state index contributed by atoms with van der Waals surface area (Å²) in [4.78, 5) is 9.15. The van der Waals surface area contributed by atoms with Crippen LogP contribution in [0.1, 0.15) is 28.7 Å². The van der Waals surface area contributed by atoms with Crippen LogP contribution >= 0.6 is 0 Å². The van der Waals surface area contributed by atoms with Crippen LogP contribution < -0.4 is 9.47 Å². The van der Waals surface area contributed by atoms with E-state index in [1.807, 2.05) is 86.6 Å². The highest BCUT2D eigenvalue weighted by Crippen LogP contribution is 2.28. The van der Waals surface area contributed by atoms with E-state index in [2.05, 4.69) is 22.1 Å². The van der Waals surface area contributed by atoms with Crippen LogP contribution in [-0.4, -0.2) is 23.2 Å². The largest absolute Gasteiger partial charge is 0.477 e. The molecular weight excluding hydrogens is 436 g/mol. The number of nitrogens with zero attached hydrogens (tertiary/aromatic N) is 4. The lowest BCUT2D eigenvalue weighted by Crippen LogP contribution is -2.09. The molecule has 0 amide bonds. The van der Waals surface area contributed by atoms with Crippen LogP contribution in [0.2, 0.25) is 0 Å². The van der Waals surface area contributed by atoms with E-state index in [1.54, 1.807) is 0 Å². The molecule has 0 fully saturated rings. The van der Waals surface area contributed by atoms with Crippen molar-refractivity contribution in [2.24, 2.45) is 0 Å². The minimum atomic E-state index is 0.304. The van der Waals surface area contributed by atoms with Gasteiger partial charge in [0.1, 0.15) is 23.3 Å². The van der Waals surface area contributed by atoms with Crippen LogP contribution in [0.4, 0.5) is 0 Å². The van der Waals surface area contributed by atoms with Gasteiger partial charge in [-0.15, -0.1) is 0 Å². The van der Waals surface area contributed by atoms with Crippen molar-refractivity contribution in [3.05, 3.63) is 95.1 Å². The second-order valence-corrected chi connectivity index (χ2v) is 8.02. The molecule has 4 rings (SSSR count). The number of benzene rings is 2. The lowest BCUT2D eigenvalue weighted by Gasteiger charge is -2.13. The zero-order valence-corrected chi connectivity index (χ0v) is 19.7. The van der Waals surface area contributed by atoms with E-state index in [-0.39, 0.29) is 0 Å². The van der Waals surface area contributed by atoms with Gasteiger partial charge in [-0.05, 0) is 37.1 Å². The Morgan fingerprint density at radius 3 is 1.43 bits per heavy atom. The van der Waals surface area contributed by atoms with Gasteiger partial charge in [0.25, 0.3) is 0 Å². The van der Waals surface area contributed by atoms with E-state index >= 15 is 0 Å². The fourth-order valence-electron chi connectivity index (χ4n) is 3.68. The molecule has 6 nitrogen and oxygen atoms in total. The van der Waals surface area contributed by atoms with Crippen LogP contribution in [0.15, 0.2) is 72.8 Å². The average molecular weight is 461 g/mol. The van der Waals surface area contributed by atoms with Crippen molar-refractivity contribution in [1.82, 2.24) is 9.97 Å². The van der Waals surface area contributed by atoms with Gasteiger partial charge in [-0.25, -0.2) is 9.97 Å². The quantitative estimate of drug-likeness (QED) is 0.299. The van der Waals surface area contributed by atoms with Crippen molar-refractivity contribution < 1.29 is 9.47 Å². The number of aryl methyl sites for hydroxylation is 2. The van der Waals surface area contributed by atoms with Gasteiger partial charge in [-0.2, -0.15) is 10.5 Å². The van der Waals surface area contributed by atoms with Gasteiger partial charge < -0.3 is 9.47 Å². The molecule has 6 heteroatoms. The molecule has 0 N–H and O–H groups in total. The minimum absolute atomic E-state index is 0.304. The molecule has 172 valence electrons. The van der Waals surface area contributed by atoms with Crippen LogP contribution in [0, 0.1) is 36.5 Å². The van der Waals surface area contributed by atoms with Gasteiger partial charge >= 0.3 is 0 Å². The van der Waals surface area contributed by atoms with Crippen LogP contribution in [-0.2, 0) is 0 Å². The Hall–Kier alpha value is -4.68. The zero-order valence-electron chi connectivity index (χ0n) is 19.7. The number of pyridine rings is 2. The maximum absolute atomic E-state index is 9.58. The van der Waals surface area contributed by atoms with E-state index in [0.29, 0.717) is 42.5 Å². The molecule has 35 heavy (non-hydrogen) atoms. The van der Waals surface area contributed by atoms with Crippen LogP contribution in [0.3, 0.4) is 0 Å². The molecule has 0 saturated heterocycles. The molecule has 0 saturated carbocycles. The topological polar surface area (TPSA) is 91.8 Å². The SMILES string of the molecule is Cc1cc(-c2ccccc2)nc(OCCCOc2nc(-c3ccccc3)cc(C)c2C#N)c1C#N. The first-order chi connectivity index (χ1) is 17.1. The Balaban J connectivity index is 1.44. The predicted molar refractivity (Wildman–Crippen MR) is 134 cm³/mol. The third-order valence-electron chi connectivity index (χ3n) is 5.50. The maximum Gasteiger partial charge on any atom is 0.232 e. The Morgan fingerprint density at radius 2 is 1.06 bits per heavy atom. The first kappa shape index (κ1) is 23.5.